The summed E-state index contributed by atoms with van der Waals surface area (Å²) in [6.45, 7) is 1.11. The van der Waals surface area contributed by atoms with Gasteiger partial charge in [0, 0.05) is 11.4 Å². The molecule has 0 aromatic heterocycles. The lowest BCUT2D eigenvalue weighted by atomic mass is 10.2. The van der Waals surface area contributed by atoms with Gasteiger partial charge in [0.05, 0.1) is 19.8 Å². The SMILES string of the molecule is OCC[N+](CCO)(CCO)C(Nc1ccccc1)Nc1ccccc1. The van der Waals surface area contributed by atoms with E-state index in [1.165, 1.54) is 0 Å². The quantitative estimate of drug-likeness (QED) is 0.313. The monoisotopic (exact) mass is 346 g/mol. The van der Waals surface area contributed by atoms with Gasteiger partial charge in [0.1, 0.15) is 19.6 Å². The third-order valence-corrected chi connectivity index (χ3v) is 4.34. The Hall–Kier alpha value is -2.12. The summed E-state index contributed by atoms with van der Waals surface area (Å²) in [6.07, 6.45) is -0.323. The van der Waals surface area contributed by atoms with Crippen molar-refractivity contribution in [1.29, 1.82) is 0 Å². The van der Waals surface area contributed by atoms with Gasteiger partial charge in [-0.1, -0.05) is 36.4 Å². The molecule has 0 atom stereocenters. The van der Waals surface area contributed by atoms with Crippen molar-refractivity contribution in [2.75, 3.05) is 50.1 Å². The summed E-state index contributed by atoms with van der Waals surface area (Å²) in [6, 6.07) is 19.5. The molecular weight excluding hydrogens is 318 g/mol. The molecule has 6 nitrogen and oxygen atoms in total. The van der Waals surface area contributed by atoms with E-state index >= 15 is 0 Å². The Labute approximate surface area is 148 Å². The van der Waals surface area contributed by atoms with Gasteiger partial charge in [0.2, 0.25) is 6.29 Å². The zero-order valence-electron chi connectivity index (χ0n) is 14.4. The van der Waals surface area contributed by atoms with Crippen LogP contribution in [0.4, 0.5) is 11.4 Å². The van der Waals surface area contributed by atoms with E-state index in [2.05, 4.69) is 10.6 Å². The molecule has 5 N–H and O–H groups in total. The van der Waals surface area contributed by atoms with E-state index in [-0.39, 0.29) is 26.1 Å². The van der Waals surface area contributed by atoms with Crippen LogP contribution >= 0.6 is 0 Å². The molecule has 0 amide bonds. The van der Waals surface area contributed by atoms with Gasteiger partial charge in [0.15, 0.2) is 0 Å². The van der Waals surface area contributed by atoms with Crippen molar-refractivity contribution in [3.05, 3.63) is 60.7 Å². The van der Waals surface area contributed by atoms with Crippen LogP contribution in [0.5, 0.6) is 0 Å². The molecular formula is C19H28N3O3+. The topological polar surface area (TPSA) is 84.8 Å². The van der Waals surface area contributed by atoms with E-state index in [1.807, 2.05) is 60.7 Å². The van der Waals surface area contributed by atoms with Gasteiger partial charge in [-0.3, -0.25) is 4.48 Å². The van der Waals surface area contributed by atoms with Crippen LogP contribution in [0.25, 0.3) is 0 Å². The van der Waals surface area contributed by atoms with E-state index in [1.54, 1.807) is 0 Å². The summed E-state index contributed by atoms with van der Waals surface area (Å²) in [5.41, 5.74) is 1.85. The summed E-state index contributed by atoms with van der Waals surface area (Å²) >= 11 is 0. The lowest BCUT2D eigenvalue weighted by Gasteiger charge is -2.44. The van der Waals surface area contributed by atoms with Gasteiger partial charge < -0.3 is 26.0 Å². The van der Waals surface area contributed by atoms with Crippen molar-refractivity contribution in [3.8, 4) is 0 Å². The first-order chi connectivity index (χ1) is 12.2. The van der Waals surface area contributed by atoms with Gasteiger partial charge >= 0.3 is 0 Å². The molecule has 2 aromatic carbocycles. The predicted molar refractivity (Wildman–Crippen MR) is 100 cm³/mol. The second-order valence-electron chi connectivity index (χ2n) is 5.98. The summed E-state index contributed by atoms with van der Waals surface area (Å²) in [5.74, 6) is 0. The smallest absolute Gasteiger partial charge is 0.241 e. The van der Waals surface area contributed by atoms with Gasteiger partial charge in [-0.25, -0.2) is 0 Å². The van der Waals surface area contributed by atoms with Gasteiger partial charge in [-0.05, 0) is 24.3 Å². The number of anilines is 2. The predicted octanol–water partition coefficient (Wildman–Crippen LogP) is 1.29. The van der Waals surface area contributed by atoms with E-state index in [0.717, 1.165) is 11.4 Å². The number of para-hydroxylation sites is 2. The molecule has 0 aliphatic carbocycles. The molecule has 0 heterocycles. The molecule has 2 rings (SSSR count). The molecule has 0 radical (unpaired) electrons. The third kappa shape index (κ3) is 5.44. The molecule has 0 unspecified atom stereocenters. The van der Waals surface area contributed by atoms with E-state index in [9.17, 15) is 15.3 Å². The fourth-order valence-electron chi connectivity index (χ4n) is 3.01. The van der Waals surface area contributed by atoms with Crippen LogP contribution in [0.1, 0.15) is 0 Å². The zero-order valence-corrected chi connectivity index (χ0v) is 14.4. The maximum atomic E-state index is 9.60. The highest BCUT2D eigenvalue weighted by atomic mass is 16.3. The van der Waals surface area contributed by atoms with Crippen molar-refractivity contribution >= 4 is 11.4 Å². The number of hydrogen-bond donors (Lipinski definition) is 5. The number of aliphatic hydroxyl groups excluding tert-OH is 3. The van der Waals surface area contributed by atoms with Crippen LogP contribution in [0.3, 0.4) is 0 Å². The van der Waals surface area contributed by atoms with Gasteiger partial charge in [0.25, 0.3) is 0 Å². The normalized spacial score (nSPS) is 11.5. The Morgan fingerprint density at radius 1 is 0.640 bits per heavy atom. The summed E-state index contributed by atoms with van der Waals surface area (Å²) in [7, 11) is 0. The Morgan fingerprint density at radius 3 is 1.32 bits per heavy atom. The summed E-state index contributed by atoms with van der Waals surface area (Å²) in [4.78, 5) is 0. The molecule has 2 aromatic rings. The van der Waals surface area contributed by atoms with Crippen LogP contribution < -0.4 is 10.6 Å². The van der Waals surface area contributed by atoms with Crippen molar-refractivity contribution in [2.45, 2.75) is 6.29 Å². The summed E-state index contributed by atoms with van der Waals surface area (Å²) in [5, 5.41) is 35.7. The lowest BCUT2D eigenvalue weighted by molar-refractivity contribution is -0.945. The minimum Gasteiger partial charge on any atom is -0.391 e. The average molecular weight is 346 g/mol. The Morgan fingerprint density at radius 2 is 1.00 bits per heavy atom. The molecule has 0 bridgehead atoms. The van der Waals surface area contributed by atoms with Crippen LogP contribution in [0, 0.1) is 0 Å². The summed E-state index contributed by atoms with van der Waals surface area (Å²) < 4.78 is 0.299. The lowest BCUT2D eigenvalue weighted by Crippen LogP contribution is -2.65. The molecule has 0 fully saturated rings. The largest absolute Gasteiger partial charge is 0.391 e. The Balaban J connectivity index is 2.34. The van der Waals surface area contributed by atoms with Crippen molar-refractivity contribution in [1.82, 2.24) is 0 Å². The second kappa shape index (κ2) is 10.0. The van der Waals surface area contributed by atoms with Crippen LogP contribution in [-0.4, -0.2) is 65.5 Å². The van der Waals surface area contributed by atoms with Crippen molar-refractivity contribution < 1.29 is 19.8 Å². The molecule has 6 heteroatoms. The van der Waals surface area contributed by atoms with Gasteiger partial charge in [-0.15, -0.1) is 0 Å². The van der Waals surface area contributed by atoms with Crippen molar-refractivity contribution in [2.24, 2.45) is 0 Å². The number of rotatable bonds is 11. The van der Waals surface area contributed by atoms with Gasteiger partial charge in [-0.2, -0.15) is 0 Å². The number of benzene rings is 2. The molecule has 0 spiro atoms. The number of hydrogen-bond acceptors (Lipinski definition) is 5. The molecule has 0 aliphatic heterocycles. The third-order valence-electron chi connectivity index (χ3n) is 4.34. The van der Waals surface area contributed by atoms with Crippen molar-refractivity contribution in [3.63, 3.8) is 0 Å². The minimum absolute atomic E-state index is 0.0383. The highest BCUT2D eigenvalue weighted by Gasteiger charge is 2.36. The van der Waals surface area contributed by atoms with Crippen LogP contribution in [0.15, 0.2) is 60.7 Å². The first-order valence-corrected chi connectivity index (χ1v) is 8.55. The zero-order chi connectivity index (χ0) is 18.0. The maximum Gasteiger partial charge on any atom is 0.241 e. The number of quaternary nitrogens is 1. The Bertz CT molecular complexity index is 537. The number of nitrogens with one attached hydrogen (secondary N) is 2. The number of aliphatic hydroxyl groups is 3. The Kier molecular flexibility index (Phi) is 7.69. The average Bonchev–Trinajstić information content (AvgIpc) is 2.63. The van der Waals surface area contributed by atoms with E-state index in [0.29, 0.717) is 24.1 Å². The minimum atomic E-state index is -0.323. The fourth-order valence-corrected chi connectivity index (χ4v) is 3.01. The van der Waals surface area contributed by atoms with E-state index < -0.39 is 0 Å². The first kappa shape index (κ1) is 19.2. The number of nitrogens with zero attached hydrogens (tertiary/aromatic N) is 1. The highest BCUT2D eigenvalue weighted by Crippen LogP contribution is 2.20. The standard InChI is InChI=1S/C19H28N3O3/c23-14-11-22(12-15-24,13-16-25)19(20-17-7-3-1-4-8-17)21-18-9-5-2-6-10-18/h1-10,19-21,23-25H,11-16H2/q+1. The molecule has 0 aliphatic rings. The van der Waals surface area contributed by atoms with Crippen LogP contribution in [0.2, 0.25) is 0 Å². The molecule has 25 heavy (non-hydrogen) atoms. The molecule has 0 saturated heterocycles. The fraction of sp³-hybridized carbons (Fsp3) is 0.368. The molecule has 0 saturated carbocycles. The first-order valence-electron chi connectivity index (χ1n) is 8.55. The molecule has 136 valence electrons. The van der Waals surface area contributed by atoms with E-state index in [4.69, 9.17) is 0 Å². The second-order valence-corrected chi connectivity index (χ2v) is 5.98. The highest BCUT2D eigenvalue weighted by molar-refractivity contribution is 5.48. The maximum absolute atomic E-state index is 9.60. The van der Waals surface area contributed by atoms with Crippen LogP contribution in [-0.2, 0) is 0 Å².